The van der Waals surface area contributed by atoms with E-state index in [1.165, 1.54) is 58.2 Å². The molecule has 2 aromatic rings. The van der Waals surface area contributed by atoms with Crippen molar-refractivity contribution in [3.63, 3.8) is 0 Å². The monoisotopic (exact) mass is 664 g/mol. The van der Waals surface area contributed by atoms with Crippen LogP contribution in [-0.4, -0.2) is 0 Å². The Labute approximate surface area is 282 Å². The average Bonchev–Trinajstić information content (AvgIpc) is 3.37. The van der Waals surface area contributed by atoms with Gasteiger partial charge >= 0.3 is 26.2 Å². The first-order chi connectivity index (χ1) is 17.7. The molecule has 0 aliphatic heterocycles. The van der Waals surface area contributed by atoms with Crippen LogP contribution in [0.25, 0.3) is 11.1 Å². The SMILES string of the molecule is CC(C)(C)c1c[c-]c2c(c1)-c1cc(C(C)(C)C)ccc1C2.CC1=CC(C)(C23CC4CC(CC(C4)C2)C3)C=[C-]1.[Cl-].[Cl-].[Zr+4]. The van der Waals surface area contributed by atoms with Gasteiger partial charge < -0.3 is 24.8 Å². The summed E-state index contributed by atoms with van der Waals surface area (Å²) in [5.74, 6) is 3.17. The largest absolute Gasteiger partial charge is 4.00 e. The van der Waals surface area contributed by atoms with Gasteiger partial charge in [0, 0.05) is 0 Å². The van der Waals surface area contributed by atoms with E-state index in [2.05, 4.69) is 110 Å². The van der Waals surface area contributed by atoms with Crippen LogP contribution in [0.5, 0.6) is 0 Å². The quantitative estimate of drug-likeness (QED) is 0.342. The summed E-state index contributed by atoms with van der Waals surface area (Å²) >= 11 is 0. The average molecular weight is 667 g/mol. The molecule has 0 heterocycles. The summed E-state index contributed by atoms with van der Waals surface area (Å²) in [7, 11) is 0. The fraction of sp³-hybridized carbons (Fsp3) is 0.579. The summed E-state index contributed by atoms with van der Waals surface area (Å²) in [6.45, 7) is 18.3. The second-order valence-corrected chi connectivity index (χ2v) is 15.9. The first-order valence-electron chi connectivity index (χ1n) is 15.2. The Hall–Kier alpha value is -0.617. The third-order valence-electron chi connectivity index (χ3n) is 10.8. The maximum Gasteiger partial charge on any atom is 4.00 e. The Balaban J connectivity index is 0.000000213. The van der Waals surface area contributed by atoms with Gasteiger partial charge in [-0.25, -0.2) is 11.6 Å². The predicted octanol–water partition coefficient (Wildman–Crippen LogP) is 4.19. The van der Waals surface area contributed by atoms with Crippen LogP contribution in [0.1, 0.15) is 116 Å². The van der Waals surface area contributed by atoms with Crippen molar-refractivity contribution in [2.75, 3.05) is 0 Å². The zero-order valence-electron chi connectivity index (χ0n) is 26.5. The second kappa shape index (κ2) is 12.1. The summed E-state index contributed by atoms with van der Waals surface area (Å²) in [5, 5.41) is 0. The van der Waals surface area contributed by atoms with Crippen molar-refractivity contribution in [2.24, 2.45) is 28.6 Å². The number of rotatable bonds is 1. The summed E-state index contributed by atoms with van der Waals surface area (Å²) in [6.07, 6.45) is 18.5. The molecule has 2 aromatic carbocycles. The minimum atomic E-state index is 0. The standard InChI is InChI=1S/C21H25.C17H23.2ClH.Zr/c1-20(2,3)16-9-7-14-11-15-8-10-17(21(4,5)6)13-19(15)18(14)12-16;1-12-3-4-16(2,8-12)17-9-13-5-14(10-17)7-15(6-13)11-17;;;/h7,9-10,12-13H,11H2,1-6H3;4,8,13-15H,5-7,9-11H2,1-2H3;2*1H;/q2*-1;;;+4/p-2. The van der Waals surface area contributed by atoms with Gasteiger partial charge in [0.05, 0.1) is 0 Å². The number of hydrogen-bond donors (Lipinski definition) is 0. The van der Waals surface area contributed by atoms with E-state index in [9.17, 15) is 0 Å². The molecule has 0 amide bonds. The van der Waals surface area contributed by atoms with Crippen molar-refractivity contribution < 1.29 is 51.0 Å². The normalized spacial score (nSPS) is 30.1. The smallest absolute Gasteiger partial charge is 1.00 e. The number of halogens is 2. The van der Waals surface area contributed by atoms with Gasteiger partial charge in [0.2, 0.25) is 0 Å². The van der Waals surface area contributed by atoms with Crippen LogP contribution < -0.4 is 24.8 Å². The number of benzene rings is 2. The van der Waals surface area contributed by atoms with Crippen molar-refractivity contribution in [2.45, 2.75) is 111 Å². The Morgan fingerprint density at radius 1 is 0.780 bits per heavy atom. The predicted molar refractivity (Wildman–Crippen MR) is 161 cm³/mol. The first-order valence-corrected chi connectivity index (χ1v) is 15.2. The Morgan fingerprint density at radius 3 is 1.80 bits per heavy atom. The van der Waals surface area contributed by atoms with Crippen molar-refractivity contribution >= 4 is 0 Å². The van der Waals surface area contributed by atoms with E-state index in [4.69, 9.17) is 0 Å². The van der Waals surface area contributed by atoms with Gasteiger partial charge in [-0.1, -0.05) is 95.5 Å². The molecule has 3 heteroatoms. The maximum atomic E-state index is 3.53. The Bertz CT molecular complexity index is 1220. The van der Waals surface area contributed by atoms with E-state index >= 15 is 0 Å². The van der Waals surface area contributed by atoms with Crippen LogP contribution in [0.15, 0.2) is 48.1 Å². The minimum Gasteiger partial charge on any atom is -1.00 e. The van der Waals surface area contributed by atoms with Gasteiger partial charge in [-0.3, -0.25) is 6.08 Å². The number of hydrogen-bond acceptors (Lipinski definition) is 0. The van der Waals surface area contributed by atoms with E-state index in [0.29, 0.717) is 10.8 Å². The Morgan fingerprint density at radius 2 is 1.32 bits per heavy atom. The van der Waals surface area contributed by atoms with Gasteiger partial charge in [0.25, 0.3) is 0 Å². The second-order valence-electron chi connectivity index (χ2n) is 15.9. The Kier molecular flexibility index (Phi) is 10.3. The van der Waals surface area contributed by atoms with Gasteiger partial charge in [-0.05, 0) is 79.1 Å². The number of allylic oxidation sites excluding steroid dienone is 4. The summed E-state index contributed by atoms with van der Waals surface area (Å²) in [5.41, 5.74) is 11.1. The molecule has 6 aliphatic carbocycles. The topological polar surface area (TPSA) is 0 Å². The maximum absolute atomic E-state index is 3.53. The molecule has 8 rings (SSSR count). The van der Waals surface area contributed by atoms with Crippen LogP contribution in [-0.2, 0) is 43.5 Å². The van der Waals surface area contributed by atoms with Crippen molar-refractivity contribution in [1.82, 2.24) is 0 Å². The van der Waals surface area contributed by atoms with Crippen LogP contribution >= 0.6 is 0 Å². The summed E-state index contributed by atoms with van der Waals surface area (Å²) < 4.78 is 0. The van der Waals surface area contributed by atoms with Gasteiger partial charge in [-0.15, -0.1) is 5.56 Å². The first kappa shape index (κ1) is 34.9. The molecule has 41 heavy (non-hydrogen) atoms. The van der Waals surface area contributed by atoms with E-state index in [1.54, 1.807) is 19.3 Å². The molecule has 218 valence electrons. The molecular formula is C38H48Cl2Zr. The molecule has 4 fully saturated rings. The molecule has 0 spiro atoms. The molecule has 1 unspecified atom stereocenters. The van der Waals surface area contributed by atoms with Crippen LogP contribution in [0.4, 0.5) is 0 Å². The zero-order valence-corrected chi connectivity index (χ0v) is 30.4. The van der Waals surface area contributed by atoms with E-state index in [0.717, 1.165) is 24.2 Å². The van der Waals surface area contributed by atoms with Crippen LogP contribution in [0, 0.1) is 40.7 Å². The zero-order chi connectivity index (χ0) is 27.1. The van der Waals surface area contributed by atoms with Gasteiger partial charge in [-0.2, -0.15) is 35.4 Å². The molecule has 0 saturated heterocycles. The molecule has 0 aromatic heterocycles. The molecule has 0 radical (unpaired) electrons. The fourth-order valence-electron chi connectivity index (χ4n) is 8.86. The van der Waals surface area contributed by atoms with Crippen molar-refractivity contribution in [3.05, 3.63) is 82.5 Å². The molecule has 4 saturated carbocycles. The molecule has 1 atom stereocenters. The van der Waals surface area contributed by atoms with Gasteiger partial charge in [0.1, 0.15) is 0 Å². The van der Waals surface area contributed by atoms with Gasteiger partial charge in [0.15, 0.2) is 0 Å². The van der Waals surface area contributed by atoms with Crippen LogP contribution in [0.2, 0.25) is 0 Å². The molecule has 0 nitrogen and oxygen atoms in total. The molecular weight excluding hydrogens is 619 g/mol. The molecule has 0 N–H and O–H groups in total. The van der Waals surface area contributed by atoms with E-state index in [1.807, 2.05) is 0 Å². The summed E-state index contributed by atoms with van der Waals surface area (Å²) in [6, 6.07) is 15.1. The van der Waals surface area contributed by atoms with Crippen molar-refractivity contribution in [1.29, 1.82) is 0 Å². The molecule has 6 aliphatic rings. The van der Waals surface area contributed by atoms with Crippen LogP contribution in [0.3, 0.4) is 0 Å². The third-order valence-corrected chi connectivity index (χ3v) is 10.8. The minimum absolute atomic E-state index is 0. The van der Waals surface area contributed by atoms with Crippen molar-refractivity contribution in [3.8, 4) is 11.1 Å². The van der Waals surface area contributed by atoms with E-state index < -0.39 is 0 Å². The van der Waals surface area contributed by atoms with E-state index in [-0.39, 0.29) is 61.8 Å². The third kappa shape index (κ3) is 6.45. The fourth-order valence-corrected chi connectivity index (χ4v) is 8.86. The summed E-state index contributed by atoms with van der Waals surface area (Å²) in [4.78, 5) is 0. The molecule has 4 bridgehead atoms. The number of fused-ring (bicyclic) bond motifs is 3.